The smallest absolute Gasteiger partial charge is 0.124 e. The number of nitrogens with one attached hydrogen (secondary N) is 2. The Kier molecular flexibility index (Phi) is 7.17. The van der Waals surface area contributed by atoms with Gasteiger partial charge in [-0.3, -0.25) is 0 Å². The first-order chi connectivity index (χ1) is 10.8. The zero-order valence-corrected chi connectivity index (χ0v) is 13.9. The molecule has 0 spiro atoms. The average molecular weight is 299 g/mol. The second-order valence-corrected chi connectivity index (χ2v) is 5.89. The van der Waals surface area contributed by atoms with Crippen LogP contribution < -0.4 is 5.32 Å². The Balaban J connectivity index is 2.02. The summed E-state index contributed by atoms with van der Waals surface area (Å²) in [7, 11) is 0. The van der Waals surface area contributed by atoms with Crippen molar-refractivity contribution in [3.63, 3.8) is 0 Å². The first-order valence-electron chi connectivity index (χ1n) is 8.69. The lowest BCUT2D eigenvalue weighted by Crippen LogP contribution is -2.23. The van der Waals surface area contributed by atoms with Crippen LogP contribution in [0.2, 0.25) is 0 Å². The van der Waals surface area contributed by atoms with Crippen molar-refractivity contribution in [2.45, 2.75) is 58.4 Å². The second-order valence-electron chi connectivity index (χ2n) is 5.89. The largest absolute Gasteiger partial charge is 0.347 e. The van der Waals surface area contributed by atoms with Gasteiger partial charge in [0.1, 0.15) is 5.82 Å². The zero-order valence-electron chi connectivity index (χ0n) is 13.9. The van der Waals surface area contributed by atoms with Crippen LogP contribution in [0, 0.1) is 0 Å². The van der Waals surface area contributed by atoms with Gasteiger partial charge in [-0.25, -0.2) is 4.98 Å². The van der Waals surface area contributed by atoms with Crippen molar-refractivity contribution in [1.29, 1.82) is 0 Å². The molecule has 0 bridgehead atoms. The van der Waals surface area contributed by atoms with Crippen LogP contribution in [0.5, 0.6) is 0 Å². The van der Waals surface area contributed by atoms with Gasteiger partial charge in [0.2, 0.25) is 0 Å². The quantitative estimate of drug-likeness (QED) is 0.600. The number of hydrogen-bond acceptors (Lipinski definition) is 2. The minimum Gasteiger partial charge on any atom is -0.347 e. The van der Waals surface area contributed by atoms with E-state index in [0.717, 1.165) is 30.9 Å². The van der Waals surface area contributed by atoms with E-state index in [9.17, 15) is 0 Å². The van der Waals surface area contributed by atoms with Crippen LogP contribution in [0.1, 0.15) is 64.2 Å². The van der Waals surface area contributed by atoms with Gasteiger partial charge in [-0.15, -0.1) is 0 Å². The summed E-state index contributed by atoms with van der Waals surface area (Å²) in [5.74, 6) is 1.07. The van der Waals surface area contributed by atoms with E-state index in [0.29, 0.717) is 6.04 Å². The molecule has 2 aromatic rings. The molecule has 0 aliphatic heterocycles. The van der Waals surface area contributed by atoms with Gasteiger partial charge in [0, 0.05) is 11.8 Å². The van der Waals surface area contributed by atoms with Gasteiger partial charge in [0.15, 0.2) is 0 Å². The monoisotopic (exact) mass is 299 g/mol. The molecule has 0 saturated carbocycles. The molecule has 1 heterocycles. The number of H-pyrrole nitrogens is 1. The highest BCUT2D eigenvalue weighted by Crippen LogP contribution is 2.22. The summed E-state index contributed by atoms with van der Waals surface area (Å²) in [6.45, 7) is 5.50. The fourth-order valence-corrected chi connectivity index (χ4v) is 2.70. The van der Waals surface area contributed by atoms with Crippen LogP contribution in [-0.4, -0.2) is 16.5 Å². The van der Waals surface area contributed by atoms with Gasteiger partial charge in [-0.1, -0.05) is 69.9 Å². The fourth-order valence-electron chi connectivity index (χ4n) is 2.70. The van der Waals surface area contributed by atoms with Gasteiger partial charge >= 0.3 is 0 Å². The topological polar surface area (TPSA) is 40.7 Å². The van der Waals surface area contributed by atoms with E-state index in [1.165, 1.54) is 31.2 Å². The molecule has 0 saturated heterocycles. The van der Waals surface area contributed by atoms with E-state index in [1.807, 2.05) is 12.3 Å². The normalized spacial score (nSPS) is 12.5. The van der Waals surface area contributed by atoms with E-state index < -0.39 is 0 Å². The Morgan fingerprint density at radius 2 is 1.86 bits per heavy atom. The Morgan fingerprint density at radius 3 is 2.59 bits per heavy atom. The molecular formula is C19H29N3. The van der Waals surface area contributed by atoms with E-state index in [1.54, 1.807) is 0 Å². The SMILES string of the molecule is CCCCCC[C@@H](NCCC)c1nc(-c2ccccc2)c[nH]1. The molecule has 0 radical (unpaired) electrons. The van der Waals surface area contributed by atoms with Crippen LogP contribution in [0.4, 0.5) is 0 Å². The molecule has 120 valence electrons. The highest BCUT2D eigenvalue weighted by Gasteiger charge is 2.14. The molecule has 2 N–H and O–H groups in total. The molecule has 0 fully saturated rings. The van der Waals surface area contributed by atoms with Crippen LogP contribution in [0.3, 0.4) is 0 Å². The van der Waals surface area contributed by atoms with Crippen molar-refractivity contribution >= 4 is 0 Å². The maximum Gasteiger partial charge on any atom is 0.124 e. The molecule has 1 aromatic carbocycles. The third-order valence-corrected chi connectivity index (χ3v) is 3.98. The van der Waals surface area contributed by atoms with Crippen molar-refractivity contribution in [3.05, 3.63) is 42.4 Å². The van der Waals surface area contributed by atoms with Gasteiger partial charge in [0.05, 0.1) is 11.7 Å². The molecule has 0 aliphatic rings. The first kappa shape index (κ1) is 16.8. The number of unbranched alkanes of at least 4 members (excludes halogenated alkanes) is 3. The summed E-state index contributed by atoms with van der Waals surface area (Å²) < 4.78 is 0. The Labute approximate surface area is 134 Å². The molecule has 0 unspecified atom stereocenters. The number of nitrogens with zero attached hydrogens (tertiary/aromatic N) is 1. The van der Waals surface area contributed by atoms with E-state index in [2.05, 4.69) is 48.4 Å². The highest BCUT2D eigenvalue weighted by molar-refractivity contribution is 5.58. The standard InChI is InChI=1S/C19H29N3/c1-3-5-6-10-13-17(20-14-4-2)19-21-15-18(22-19)16-11-8-7-9-12-16/h7-9,11-12,15,17,20H,3-6,10,13-14H2,1-2H3,(H,21,22)/t17-/m1/s1. The number of aromatic amines is 1. The summed E-state index contributed by atoms with van der Waals surface area (Å²) in [5.41, 5.74) is 2.21. The van der Waals surface area contributed by atoms with Crippen LogP contribution in [-0.2, 0) is 0 Å². The van der Waals surface area contributed by atoms with Crippen molar-refractivity contribution in [3.8, 4) is 11.3 Å². The van der Waals surface area contributed by atoms with Crippen molar-refractivity contribution < 1.29 is 0 Å². The summed E-state index contributed by atoms with van der Waals surface area (Å²) >= 11 is 0. The molecule has 3 nitrogen and oxygen atoms in total. The number of hydrogen-bond donors (Lipinski definition) is 2. The van der Waals surface area contributed by atoms with Gasteiger partial charge < -0.3 is 10.3 Å². The van der Waals surface area contributed by atoms with E-state index in [-0.39, 0.29) is 0 Å². The molecule has 1 aromatic heterocycles. The van der Waals surface area contributed by atoms with Crippen LogP contribution in [0.25, 0.3) is 11.3 Å². The maximum atomic E-state index is 4.81. The highest BCUT2D eigenvalue weighted by atomic mass is 15.0. The van der Waals surface area contributed by atoms with Gasteiger partial charge in [-0.05, 0) is 19.4 Å². The lowest BCUT2D eigenvalue weighted by atomic mass is 10.1. The van der Waals surface area contributed by atoms with Crippen molar-refractivity contribution in [1.82, 2.24) is 15.3 Å². The minimum atomic E-state index is 0.342. The predicted molar refractivity (Wildman–Crippen MR) is 93.8 cm³/mol. The molecule has 3 heteroatoms. The number of benzene rings is 1. The lowest BCUT2D eigenvalue weighted by molar-refractivity contribution is 0.455. The number of imidazole rings is 1. The minimum absolute atomic E-state index is 0.342. The molecule has 0 aliphatic carbocycles. The first-order valence-corrected chi connectivity index (χ1v) is 8.69. The van der Waals surface area contributed by atoms with Gasteiger partial charge in [-0.2, -0.15) is 0 Å². The van der Waals surface area contributed by atoms with Crippen molar-refractivity contribution in [2.75, 3.05) is 6.54 Å². The molecule has 0 amide bonds. The Hall–Kier alpha value is -1.61. The van der Waals surface area contributed by atoms with E-state index in [4.69, 9.17) is 4.98 Å². The summed E-state index contributed by atoms with van der Waals surface area (Å²) in [5, 5.41) is 3.63. The van der Waals surface area contributed by atoms with Crippen molar-refractivity contribution in [2.24, 2.45) is 0 Å². The third-order valence-electron chi connectivity index (χ3n) is 3.98. The van der Waals surface area contributed by atoms with Crippen LogP contribution >= 0.6 is 0 Å². The molecule has 1 atom stereocenters. The van der Waals surface area contributed by atoms with Gasteiger partial charge in [0.25, 0.3) is 0 Å². The lowest BCUT2D eigenvalue weighted by Gasteiger charge is -2.16. The summed E-state index contributed by atoms with van der Waals surface area (Å²) in [4.78, 5) is 8.20. The summed E-state index contributed by atoms with van der Waals surface area (Å²) in [6.07, 6.45) is 9.51. The Morgan fingerprint density at radius 1 is 1.05 bits per heavy atom. The van der Waals surface area contributed by atoms with E-state index >= 15 is 0 Å². The number of aromatic nitrogens is 2. The molecule has 2 rings (SSSR count). The fraction of sp³-hybridized carbons (Fsp3) is 0.526. The van der Waals surface area contributed by atoms with Crippen LogP contribution in [0.15, 0.2) is 36.5 Å². The maximum absolute atomic E-state index is 4.81. The zero-order chi connectivity index (χ0) is 15.6. The predicted octanol–water partition coefficient (Wildman–Crippen LogP) is 5.09. The average Bonchev–Trinajstić information content (AvgIpc) is 3.05. The number of rotatable bonds is 10. The molecular weight excluding hydrogens is 270 g/mol. The third kappa shape index (κ3) is 4.99. The summed E-state index contributed by atoms with van der Waals surface area (Å²) in [6, 6.07) is 10.7. The molecule has 22 heavy (non-hydrogen) atoms. The Bertz CT molecular complexity index is 518. The second kappa shape index (κ2) is 9.42.